The minimum absolute atomic E-state index is 0.00645. The molecule has 16 heavy (non-hydrogen) atoms. The maximum Gasteiger partial charge on any atom is 0.165 e. The predicted octanol–water partition coefficient (Wildman–Crippen LogP) is 0.308. The number of aromatic nitrogens is 4. The summed E-state index contributed by atoms with van der Waals surface area (Å²) in [5.74, 6) is 0.909. The van der Waals surface area contributed by atoms with Crippen LogP contribution in [0.15, 0.2) is 0 Å². The van der Waals surface area contributed by atoms with Gasteiger partial charge in [-0.05, 0) is 36.7 Å². The molecule has 0 bridgehead atoms. The summed E-state index contributed by atoms with van der Waals surface area (Å²) in [6.07, 6.45) is 1.94. The lowest BCUT2D eigenvalue weighted by molar-refractivity contribution is 0.0218. The van der Waals surface area contributed by atoms with E-state index in [1.165, 1.54) is 0 Å². The Morgan fingerprint density at radius 3 is 2.88 bits per heavy atom. The van der Waals surface area contributed by atoms with Crippen molar-refractivity contribution in [2.75, 3.05) is 19.8 Å². The summed E-state index contributed by atoms with van der Waals surface area (Å²) in [7, 11) is 0. The molecular weight excluding hydrogens is 206 g/mol. The van der Waals surface area contributed by atoms with Crippen LogP contribution in [0.1, 0.15) is 32.5 Å². The van der Waals surface area contributed by atoms with Gasteiger partial charge in [0.15, 0.2) is 5.82 Å². The van der Waals surface area contributed by atoms with Crippen LogP contribution in [0.25, 0.3) is 0 Å². The Balaban J connectivity index is 2.15. The van der Waals surface area contributed by atoms with E-state index in [1.807, 2.05) is 4.68 Å². The van der Waals surface area contributed by atoms with Gasteiger partial charge in [0, 0.05) is 13.2 Å². The van der Waals surface area contributed by atoms with Crippen molar-refractivity contribution in [2.45, 2.75) is 38.8 Å². The molecule has 0 amide bonds. The van der Waals surface area contributed by atoms with Crippen LogP contribution in [0.2, 0.25) is 0 Å². The third kappa shape index (κ3) is 2.22. The third-order valence-electron chi connectivity index (χ3n) is 3.15. The molecule has 1 saturated heterocycles. The van der Waals surface area contributed by atoms with Crippen molar-refractivity contribution < 1.29 is 4.74 Å². The van der Waals surface area contributed by atoms with Gasteiger partial charge >= 0.3 is 0 Å². The Morgan fingerprint density at radius 1 is 1.44 bits per heavy atom. The van der Waals surface area contributed by atoms with Crippen molar-refractivity contribution in [3.8, 4) is 0 Å². The zero-order valence-electron chi connectivity index (χ0n) is 9.94. The number of rotatable bonds is 4. The van der Waals surface area contributed by atoms with Gasteiger partial charge in [-0.25, -0.2) is 4.68 Å². The van der Waals surface area contributed by atoms with E-state index in [9.17, 15) is 0 Å². The first kappa shape index (κ1) is 11.5. The van der Waals surface area contributed by atoms with Gasteiger partial charge < -0.3 is 10.1 Å². The fourth-order valence-electron chi connectivity index (χ4n) is 2.00. The van der Waals surface area contributed by atoms with E-state index < -0.39 is 0 Å². The number of nitrogens with zero attached hydrogens (tertiary/aromatic N) is 4. The fourth-order valence-corrected chi connectivity index (χ4v) is 2.00. The molecule has 1 N–H and O–H groups in total. The molecule has 0 atom stereocenters. The molecule has 2 heterocycles. The number of hydrogen-bond donors (Lipinski definition) is 1. The van der Waals surface area contributed by atoms with E-state index in [1.54, 1.807) is 0 Å². The zero-order chi connectivity index (χ0) is 11.4. The second-order valence-corrected chi connectivity index (χ2v) is 4.40. The summed E-state index contributed by atoms with van der Waals surface area (Å²) in [6.45, 7) is 7.49. The summed E-state index contributed by atoms with van der Waals surface area (Å²) in [5, 5.41) is 15.2. The van der Waals surface area contributed by atoms with Crippen molar-refractivity contribution >= 4 is 0 Å². The normalized spacial score (nSPS) is 19.9. The van der Waals surface area contributed by atoms with E-state index in [0.29, 0.717) is 0 Å². The Morgan fingerprint density at radius 2 is 2.19 bits per heavy atom. The molecule has 1 aliphatic rings. The van der Waals surface area contributed by atoms with E-state index in [0.717, 1.165) is 45.0 Å². The van der Waals surface area contributed by atoms with Gasteiger partial charge in [0.05, 0.1) is 12.1 Å². The maximum atomic E-state index is 5.39. The quantitative estimate of drug-likeness (QED) is 0.799. The van der Waals surface area contributed by atoms with Crippen molar-refractivity contribution in [1.82, 2.24) is 25.5 Å². The third-order valence-corrected chi connectivity index (χ3v) is 3.15. The lowest BCUT2D eigenvalue weighted by Crippen LogP contribution is -2.39. The number of hydrogen-bond acceptors (Lipinski definition) is 5. The molecule has 2 rings (SSSR count). The summed E-state index contributed by atoms with van der Waals surface area (Å²) in [6, 6.07) is 0. The summed E-state index contributed by atoms with van der Waals surface area (Å²) in [5.41, 5.74) is 0.00645. The first-order valence-electron chi connectivity index (χ1n) is 5.82. The Kier molecular flexibility index (Phi) is 3.50. The second kappa shape index (κ2) is 4.88. The van der Waals surface area contributed by atoms with Crippen LogP contribution in [-0.4, -0.2) is 40.0 Å². The lowest BCUT2D eigenvalue weighted by atomic mass is 9.92. The molecule has 0 radical (unpaired) electrons. The zero-order valence-corrected chi connectivity index (χ0v) is 9.94. The fraction of sp³-hybridized carbons (Fsp3) is 0.900. The van der Waals surface area contributed by atoms with Gasteiger partial charge in [0.25, 0.3) is 0 Å². The first-order valence-corrected chi connectivity index (χ1v) is 5.82. The largest absolute Gasteiger partial charge is 0.381 e. The molecule has 0 saturated carbocycles. The lowest BCUT2D eigenvalue weighted by Gasteiger charge is -2.33. The van der Waals surface area contributed by atoms with E-state index in [4.69, 9.17) is 4.74 Å². The maximum absolute atomic E-state index is 5.39. The minimum atomic E-state index is 0.00645. The first-order chi connectivity index (χ1) is 7.76. The second-order valence-electron chi connectivity index (χ2n) is 4.40. The highest BCUT2D eigenvalue weighted by Gasteiger charge is 2.32. The van der Waals surface area contributed by atoms with Gasteiger partial charge in [0.2, 0.25) is 0 Å². The summed E-state index contributed by atoms with van der Waals surface area (Å²) < 4.78 is 7.34. The topological polar surface area (TPSA) is 64.9 Å². The van der Waals surface area contributed by atoms with Crippen molar-refractivity contribution in [1.29, 1.82) is 0 Å². The Labute approximate surface area is 95.4 Å². The number of nitrogens with one attached hydrogen (secondary N) is 1. The number of ether oxygens (including phenoxy) is 1. The van der Waals surface area contributed by atoms with Crippen molar-refractivity contribution in [3.05, 3.63) is 5.82 Å². The molecule has 90 valence electrons. The van der Waals surface area contributed by atoms with Crippen molar-refractivity contribution in [2.24, 2.45) is 0 Å². The van der Waals surface area contributed by atoms with Crippen LogP contribution < -0.4 is 5.32 Å². The van der Waals surface area contributed by atoms with Crippen LogP contribution in [0, 0.1) is 0 Å². The van der Waals surface area contributed by atoms with Gasteiger partial charge in [-0.15, -0.1) is 5.10 Å². The molecule has 6 nitrogen and oxygen atoms in total. The van der Waals surface area contributed by atoms with E-state index in [-0.39, 0.29) is 5.54 Å². The van der Waals surface area contributed by atoms with Gasteiger partial charge in [-0.2, -0.15) is 0 Å². The van der Waals surface area contributed by atoms with Crippen molar-refractivity contribution in [3.63, 3.8) is 0 Å². The van der Waals surface area contributed by atoms with Crippen LogP contribution in [-0.2, 0) is 16.8 Å². The molecule has 0 aliphatic carbocycles. The molecule has 6 heteroatoms. The highest BCUT2D eigenvalue weighted by molar-refractivity contribution is 4.91. The average molecular weight is 225 g/mol. The van der Waals surface area contributed by atoms with Gasteiger partial charge in [-0.1, -0.05) is 6.92 Å². The van der Waals surface area contributed by atoms with E-state index in [2.05, 4.69) is 34.7 Å². The smallest absolute Gasteiger partial charge is 0.165 e. The van der Waals surface area contributed by atoms with Crippen LogP contribution in [0.3, 0.4) is 0 Å². The molecule has 0 aromatic carbocycles. The Hall–Kier alpha value is -1.01. The highest BCUT2D eigenvalue weighted by atomic mass is 16.5. The molecular formula is C10H19N5O. The van der Waals surface area contributed by atoms with Crippen LogP contribution in [0.5, 0.6) is 0 Å². The molecule has 1 aliphatic heterocycles. The Bertz CT molecular complexity index is 332. The minimum Gasteiger partial charge on any atom is -0.381 e. The monoisotopic (exact) mass is 225 g/mol. The SMILES string of the molecule is CCNCc1nnnn1C1(C)CCOCC1. The molecule has 0 unspecified atom stereocenters. The molecule has 1 aromatic heterocycles. The van der Waals surface area contributed by atoms with Gasteiger partial charge in [-0.3, -0.25) is 0 Å². The molecule has 1 fully saturated rings. The standard InChI is InChI=1S/C10H19N5O/c1-3-11-8-9-12-13-14-15(9)10(2)4-6-16-7-5-10/h11H,3-8H2,1-2H3. The summed E-state index contributed by atoms with van der Waals surface area (Å²) >= 11 is 0. The summed E-state index contributed by atoms with van der Waals surface area (Å²) in [4.78, 5) is 0. The molecule has 1 aromatic rings. The predicted molar refractivity (Wildman–Crippen MR) is 58.9 cm³/mol. The van der Waals surface area contributed by atoms with Crippen LogP contribution in [0.4, 0.5) is 0 Å². The van der Waals surface area contributed by atoms with Crippen LogP contribution >= 0.6 is 0 Å². The molecule has 0 spiro atoms. The van der Waals surface area contributed by atoms with Gasteiger partial charge in [0.1, 0.15) is 0 Å². The highest BCUT2D eigenvalue weighted by Crippen LogP contribution is 2.28. The van der Waals surface area contributed by atoms with E-state index >= 15 is 0 Å². The number of tetrazole rings is 1. The average Bonchev–Trinajstić information content (AvgIpc) is 2.76.